The highest BCUT2D eigenvalue weighted by molar-refractivity contribution is 6.34. The van der Waals surface area contributed by atoms with Crippen molar-refractivity contribution in [2.45, 2.75) is 82.9 Å². The molecule has 4 aliphatic rings. The summed E-state index contributed by atoms with van der Waals surface area (Å²) in [5.41, 5.74) is 4.22. The van der Waals surface area contributed by atoms with Crippen molar-refractivity contribution in [3.05, 3.63) is 53.1 Å². The van der Waals surface area contributed by atoms with E-state index in [2.05, 4.69) is 10.2 Å². The van der Waals surface area contributed by atoms with Gasteiger partial charge in [-0.05, 0) is 66.7 Å². The summed E-state index contributed by atoms with van der Waals surface area (Å²) in [4.78, 5) is 73.7. The molecule has 14 nitrogen and oxygen atoms in total. The van der Waals surface area contributed by atoms with E-state index in [1.807, 2.05) is 56.1 Å². The molecular weight excluding hydrogens is 691 g/mol. The van der Waals surface area contributed by atoms with E-state index in [1.165, 1.54) is 0 Å². The van der Waals surface area contributed by atoms with Gasteiger partial charge in [-0.1, -0.05) is 37.3 Å². The number of carboxylic acid groups (broad SMARTS) is 1. The van der Waals surface area contributed by atoms with Gasteiger partial charge in [0, 0.05) is 89.5 Å². The standard InChI is InChI=1S/C39H53BN6O8/c1-2-27-23-26(24-31(40)36(27)50)25-33(37(51)44-21-19-42(20-22-44)29-10-14-43(15-11-29)34(47)7-8-35(48)49)54-39(53)45-16-12-30(13-17-45)46-18-9-28-5-3-4-6-32(28)41-38(46)52/h3-6,23-24,29-30,33,50H,2,7-22,25,40H2,1H3,(H,41,52)(H,48,49)/t33-/m1/s1. The monoisotopic (exact) mass is 744 g/mol. The summed E-state index contributed by atoms with van der Waals surface area (Å²) >= 11 is 0. The number of hydrogen-bond donors (Lipinski definition) is 3. The molecule has 0 radical (unpaired) electrons. The number of amides is 5. The van der Waals surface area contributed by atoms with Crippen LogP contribution < -0.4 is 10.8 Å². The average Bonchev–Trinajstić information content (AvgIpc) is 3.35. The van der Waals surface area contributed by atoms with E-state index in [9.17, 15) is 29.1 Å². The molecule has 0 aromatic heterocycles. The molecule has 4 heterocycles. The normalized spacial score (nSPS) is 19.5. The van der Waals surface area contributed by atoms with Gasteiger partial charge in [-0.3, -0.25) is 19.3 Å². The predicted molar refractivity (Wildman–Crippen MR) is 205 cm³/mol. The van der Waals surface area contributed by atoms with E-state index < -0.39 is 18.2 Å². The maximum atomic E-state index is 14.2. The molecule has 4 aliphatic heterocycles. The van der Waals surface area contributed by atoms with E-state index in [4.69, 9.17) is 9.84 Å². The van der Waals surface area contributed by atoms with Crippen LogP contribution in [-0.2, 0) is 38.4 Å². The summed E-state index contributed by atoms with van der Waals surface area (Å²) in [7, 11) is 1.82. The molecule has 0 aliphatic carbocycles. The number of urea groups is 1. The predicted octanol–water partition coefficient (Wildman–Crippen LogP) is 1.82. The molecule has 54 heavy (non-hydrogen) atoms. The van der Waals surface area contributed by atoms with Gasteiger partial charge in [-0.2, -0.15) is 0 Å². The number of anilines is 1. The quantitative estimate of drug-likeness (QED) is 0.308. The van der Waals surface area contributed by atoms with Crippen LogP contribution in [0.3, 0.4) is 0 Å². The minimum Gasteiger partial charge on any atom is -0.508 e. The lowest BCUT2D eigenvalue weighted by Crippen LogP contribution is -2.57. The molecule has 0 spiro atoms. The van der Waals surface area contributed by atoms with E-state index in [0.29, 0.717) is 83.6 Å². The van der Waals surface area contributed by atoms with Crippen LogP contribution in [0.1, 0.15) is 62.1 Å². The molecule has 15 heteroatoms. The number of carbonyl (C=O) groups excluding carboxylic acids is 4. The number of carboxylic acids is 1. The number of piperazine rings is 1. The Hall–Kier alpha value is -4.79. The number of aryl methyl sites for hydroxylation is 1. The Morgan fingerprint density at radius 3 is 2.22 bits per heavy atom. The van der Waals surface area contributed by atoms with Crippen LogP contribution in [0, 0.1) is 0 Å². The number of benzene rings is 2. The summed E-state index contributed by atoms with van der Waals surface area (Å²) in [5, 5.41) is 22.5. The van der Waals surface area contributed by atoms with Gasteiger partial charge in [0.25, 0.3) is 5.91 Å². The number of hydrogen-bond acceptors (Lipinski definition) is 8. The van der Waals surface area contributed by atoms with Gasteiger partial charge in [0.2, 0.25) is 5.91 Å². The van der Waals surface area contributed by atoms with Crippen molar-refractivity contribution in [3.63, 3.8) is 0 Å². The number of phenolic OH excluding ortho intramolecular Hbond substituents is 1. The first-order valence-corrected chi connectivity index (χ1v) is 19.5. The second-order valence-electron chi connectivity index (χ2n) is 15.0. The molecule has 0 unspecified atom stereocenters. The van der Waals surface area contributed by atoms with Crippen molar-refractivity contribution >= 4 is 48.9 Å². The number of phenols is 1. The molecule has 2 aromatic carbocycles. The third-order valence-electron chi connectivity index (χ3n) is 11.6. The zero-order valence-corrected chi connectivity index (χ0v) is 31.5. The summed E-state index contributed by atoms with van der Waals surface area (Å²) in [6.07, 6.45) is 2.59. The van der Waals surface area contributed by atoms with Crippen molar-refractivity contribution in [2.75, 3.05) is 64.2 Å². The van der Waals surface area contributed by atoms with Crippen molar-refractivity contribution < 1.29 is 38.9 Å². The van der Waals surface area contributed by atoms with Crippen LogP contribution in [0.15, 0.2) is 36.4 Å². The lowest BCUT2D eigenvalue weighted by Gasteiger charge is -2.43. The number of carbonyl (C=O) groups is 5. The number of nitrogens with one attached hydrogen (secondary N) is 1. The fraction of sp³-hybridized carbons (Fsp3) is 0.564. The maximum absolute atomic E-state index is 14.2. The van der Waals surface area contributed by atoms with Crippen molar-refractivity contribution in [2.24, 2.45) is 0 Å². The highest BCUT2D eigenvalue weighted by Crippen LogP contribution is 2.26. The minimum atomic E-state index is -1.05. The second-order valence-corrected chi connectivity index (χ2v) is 15.0. The molecule has 0 saturated carbocycles. The van der Waals surface area contributed by atoms with Crippen LogP contribution in [0.25, 0.3) is 0 Å². The van der Waals surface area contributed by atoms with Gasteiger partial charge in [0.05, 0.1) is 6.42 Å². The SMILES string of the molecule is Bc1cc(C[C@@H](OC(=O)N2CCC(N3CCc4ccccc4NC3=O)CC2)C(=O)N2CCN(C3CCN(C(=O)CCC(=O)O)CC3)CC2)cc(CC)c1O. The Morgan fingerprint density at radius 2 is 1.54 bits per heavy atom. The number of aromatic hydroxyl groups is 1. The Bertz CT molecular complexity index is 1700. The first kappa shape index (κ1) is 38.9. The topological polar surface area (TPSA) is 163 Å². The van der Waals surface area contributed by atoms with E-state index >= 15 is 0 Å². The number of nitrogens with zero attached hydrogens (tertiary/aromatic N) is 5. The molecule has 3 N–H and O–H groups in total. The fourth-order valence-electron chi connectivity index (χ4n) is 8.37. The largest absolute Gasteiger partial charge is 0.508 e. The summed E-state index contributed by atoms with van der Waals surface area (Å²) < 4.78 is 6.08. The van der Waals surface area contributed by atoms with E-state index in [-0.39, 0.29) is 54.9 Å². The van der Waals surface area contributed by atoms with Gasteiger partial charge in [-0.15, -0.1) is 0 Å². The van der Waals surface area contributed by atoms with Crippen molar-refractivity contribution in [1.82, 2.24) is 24.5 Å². The highest BCUT2D eigenvalue weighted by atomic mass is 16.6. The molecule has 1 atom stereocenters. The molecule has 2 aromatic rings. The fourth-order valence-corrected chi connectivity index (χ4v) is 8.37. The van der Waals surface area contributed by atoms with Crippen LogP contribution in [0.4, 0.5) is 15.3 Å². The first-order chi connectivity index (χ1) is 26.0. The Balaban J connectivity index is 1.06. The summed E-state index contributed by atoms with van der Waals surface area (Å²) in [6, 6.07) is 11.7. The molecule has 6 rings (SSSR count). The molecule has 290 valence electrons. The number of ether oxygens (including phenoxy) is 1. The van der Waals surface area contributed by atoms with Gasteiger partial charge in [0.1, 0.15) is 13.6 Å². The Morgan fingerprint density at radius 1 is 0.870 bits per heavy atom. The number of para-hydroxylation sites is 1. The smallest absolute Gasteiger partial charge is 0.410 e. The zero-order chi connectivity index (χ0) is 38.4. The maximum Gasteiger partial charge on any atom is 0.410 e. The minimum absolute atomic E-state index is 0.0151. The van der Waals surface area contributed by atoms with Crippen molar-refractivity contribution in [3.8, 4) is 5.75 Å². The highest BCUT2D eigenvalue weighted by Gasteiger charge is 2.37. The van der Waals surface area contributed by atoms with Gasteiger partial charge in [0.15, 0.2) is 6.10 Å². The summed E-state index contributed by atoms with van der Waals surface area (Å²) in [6.45, 7) is 6.81. The van der Waals surface area contributed by atoms with Crippen LogP contribution in [0.5, 0.6) is 5.75 Å². The van der Waals surface area contributed by atoms with Crippen LogP contribution in [-0.4, -0.2) is 150 Å². The zero-order valence-electron chi connectivity index (χ0n) is 31.5. The number of aliphatic carboxylic acids is 1. The van der Waals surface area contributed by atoms with E-state index in [1.54, 1.807) is 14.7 Å². The number of rotatable bonds is 10. The third kappa shape index (κ3) is 9.29. The molecule has 5 amide bonds. The lowest BCUT2D eigenvalue weighted by molar-refractivity contribution is -0.143. The summed E-state index contributed by atoms with van der Waals surface area (Å²) in [5.74, 6) is -1.11. The lowest BCUT2D eigenvalue weighted by atomic mass is 9.88. The van der Waals surface area contributed by atoms with E-state index in [0.717, 1.165) is 41.6 Å². The van der Waals surface area contributed by atoms with Crippen LogP contribution in [0.2, 0.25) is 0 Å². The number of fused-ring (bicyclic) bond motifs is 1. The van der Waals surface area contributed by atoms with Gasteiger partial charge in [-0.25, -0.2) is 9.59 Å². The third-order valence-corrected chi connectivity index (χ3v) is 11.6. The number of likely N-dealkylation sites (tertiary alicyclic amines) is 2. The number of piperidine rings is 2. The molecular formula is C39H53BN6O8. The molecule has 3 fully saturated rings. The Kier molecular flexibility index (Phi) is 12.7. The van der Waals surface area contributed by atoms with Crippen molar-refractivity contribution in [1.29, 1.82) is 0 Å². The molecule has 0 bridgehead atoms. The average molecular weight is 745 g/mol. The molecule has 3 saturated heterocycles. The van der Waals surface area contributed by atoms with Gasteiger partial charge >= 0.3 is 18.1 Å². The van der Waals surface area contributed by atoms with Crippen LogP contribution >= 0.6 is 0 Å². The second kappa shape index (κ2) is 17.6. The Labute approximate surface area is 317 Å². The first-order valence-electron chi connectivity index (χ1n) is 19.5. The van der Waals surface area contributed by atoms with Gasteiger partial charge < -0.3 is 39.9 Å².